The number of nitrogens with one attached hydrogen (secondary N) is 2. The summed E-state index contributed by atoms with van der Waals surface area (Å²) in [6, 6.07) is 7.21. The van der Waals surface area contributed by atoms with Crippen LogP contribution in [0, 0.1) is 5.41 Å². The van der Waals surface area contributed by atoms with Gasteiger partial charge in [-0.1, -0.05) is 12.1 Å². The van der Waals surface area contributed by atoms with Crippen LogP contribution in [0.25, 0.3) is 11.4 Å². The van der Waals surface area contributed by atoms with E-state index in [0.717, 1.165) is 18.4 Å². The summed E-state index contributed by atoms with van der Waals surface area (Å²) in [5, 5.41) is 18.7. The van der Waals surface area contributed by atoms with Gasteiger partial charge in [-0.3, -0.25) is 9.89 Å². The summed E-state index contributed by atoms with van der Waals surface area (Å²) in [4.78, 5) is 16.2. The Kier molecular flexibility index (Phi) is 3.23. The second kappa shape index (κ2) is 5.05. The first-order valence-corrected chi connectivity index (χ1v) is 6.57. The number of aromatic amines is 1. The van der Waals surface area contributed by atoms with E-state index >= 15 is 0 Å². The molecule has 20 heavy (non-hydrogen) atoms. The zero-order valence-corrected chi connectivity index (χ0v) is 11.0. The van der Waals surface area contributed by atoms with Crippen LogP contribution in [0.15, 0.2) is 30.6 Å². The average Bonchev–Trinajstić information content (AvgIpc) is 3.07. The standard InChI is InChI=1S/C14H16N4O2/c19-8-14(4-5-14)7-15-13(20)11-3-1-2-10(6-11)12-16-9-17-18-12/h1-3,6,9,19H,4-5,7-8H2,(H,15,20)(H,16,17,18). The van der Waals surface area contributed by atoms with Gasteiger partial charge in [0.1, 0.15) is 6.33 Å². The number of carbonyl (C=O) groups excluding carboxylic acids is 1. The lowest BCUT2D eigenvalue weighted by atomic mass is 10.1. The molecule has 104 valence electrons. The van der Waals surface area contributed by atoms with Crippen molar-refractivity contribution in [3.8, 4) is 11.4 Å². The summed E-state index contributed by atoms with van der Waals surface area (Å²) in [5.74, 6) is 0.500. The Morgan fingerprint density at radius 2 is 2.30 bits per heavy atom. The normalized spacial score (nSPS) is 15.8. The van der Waals surface area contributed by atoms with Crippen LogP contribution >= 0.6 is 0 Å². The highest BCUT2D eigenvalue weighted by atomic mass is 16.3. The second-order valence-electron chi connectivity index (χ2n) is 5.26. The fourth-order valence-corrected chi connectivity index (χ4v) is 2.09. The second-order valence-corrected chi connectivity index (χ2v) is 5.26. The van der Waals surface area contributed by atoms with Gasteiger partial charge < -0.3 is 10.4 Å². The van der Waals surface area contributed by atoms with Gasteiger partial charge in [0.15, 0.2) is 5.82 Å². The fourth-order valence-electron chi connectivity index (χ4n) is 2.09. The maximum atomic E-state index is 12.1. The van der Waals surface area contributed by atoms with E-state index in [2.05, 4.69) is 20.5 Å². The van der Waals surface area contributed by atoms with E-state index in [1.165, 1.54) is 6.33 Å². The number of nitrogens with zero attached hydrogens (tertiary/aromatic N) is 2. The molecule has 1 heterocycles. The van der Waals surface area contributed by atoms with Crippen molar-refractivity contribution in [1.82, 2.24) is 20.5 Å². The SMILES string of the molecule is O=C(NCC1(CO)CC1)c1cccc(-c2ncn[nH]2)c1. The number of rotatable bonds is 5. The lowest BCUT2D eigenvalue weighted by Gasteiger charge is -2.12. The maximum Gasteiger partial charge on any atom is 0.251 e. The van der Waals surface area contributed by atoms with Gasteiger partial charge in [0.2, 0.25) is 0 Å². The molecule has 1 aliphatic rings. The number of aliphatic hydroxyl groups excluding tert-OH is 1. The Morgan fingerprint density at radius 1 is 1.45 bits per heavy atom. The van der Waals surface area contributed by atoms with Gasteiger partial charge >= 0.3 is 0 Å². The highest BCUT2D eigenvalue weighted by Gasteiger charge is 2.42. The number of benzene rings is 1. The quantitative estimate of drug-likeness (QED) is 0.756. The number of amides is 1. The van der Waals surface area contributed by atoms with Crippen molar-refractivity contribution in [2.24, 2.45) is 5.41 Å². The van der Waals surface area contributed by atoms with Gasteiger partial charge in [-0.05, 0) is 25.0 Å². The van der Waals surface area contributed by atoms with Crippen molar-refractivity contribution in [3.05, 3.63) is 36.2 Å². The molecule has 1 saturated carbocycles. The Labute approximate surface area is 116 Å². The lowest BCUT2D eigenvalue weighted by molar-refractivity contribution is 0.0935. The molecule has 1 aliphatic carbocycles. The highest BCUT2D eigenvalue weighted by Crippen LogP contribution is 2.44. The minimum absolute atomic E-state index is 0.0851. The Balaban J connectivity index is 1.70. The van der Waals surface area contributed by atoms with E-state index in [-0.39, 0.29) is 17.9 Å². The number of hydrogen-bond acceptors (Lipinski definition) is 4. The van der Waals surface area contributed by atoms with Crippen LogP contribution in [0.1, 0.15) is 23.2 Å². The lowest BCUT2D eigenvalue weighted by Crippen LogP contribution is -2.31. The number of carbonyl (C=O) groups is 1. The molecular weight excluding hydrogens is 256 g/mol. The van der Waals surface area contributed by atoms with Crippen LogP contribution in [0.2, 0.25) is 0 Å². The predicted octanol–water partition coefficient (Wildman–Crippen LogP) is 0.974. The van der Waals surface area contributed by atoms with E-state index in [1.807, 2.05) is 12.1 Å². The van der Waals surface area contributed by atoms with Gasteiger partial charge in [0.05, 0.1) is 6.61 Å². The summed E-state index contributed by atoms with van der Waals surface area (Å²) in [6.07, 6.45) is 3.38. The molecule has 6 nitrogen and oxygen atoms in total. The maximum absolute atomic E-state index is 12.1. The van der Waals surface area contributed by atoms with Crippen LogP contribution in [0.4, 0.5) is 0 Å². The molecule has 0 saturated heterocycles. The molecule has 2 aromatic rings. The molecule has 0 unspecified atom stereocenters. The van der Waals surface area contributed by atoms with Gasteiger partial charge in [-0.15, -0.1) is 0 Å². The Bertz CT molecular complexity index is 605. The van der Waals surface area contributed by atoms with Crippen molar-refractivity contribution < 1.29 is 9.90 Å². The third-order valence-corrected chi connectivity index (χ3v) is 3.73. The van der Waals surface area contributed by atoms with Gasteiger partial charge in [-0.25, -0.2) is 4.98 Å². The van der Waals surface area contributed by atoms with Crippen LogP contribution in [0.5, 0.6) is 0 Å². The number of aliphatic hydroxyl groups is 1. The van der Waals surface area contributed by atoms with Crippen molar-refractivity contribution in [3.63, 3.8) is 0 Å². The first kappa shape index (κ1) is 12.8. The molecule has 1 aromatic heterocycles. The third-order valence-electron chi connectivity index (χ3n) is 3.73. The first-order chi connectivity index (χ1) is 9.72. The molecule has 6 heteroatoms. The molecule has 0 bridgehead atoms. The van der Waals surface area contributed by atoms with Crippen LogP contribution in [-0.4, -0.2) is 39.3 Å². The van der Waals surface area contributed by atoms with E-state index in [0.29, 0.717) is 17.9 Å². The molecule has 0 atom stereocenters. The molecule has 1 amide bonds. The van der Waals surface area contributed by atoms with E-state index in [9.17, 15) is 9.90 Å². The summed E-state index contributed by atoms with van der Waals surface area (Å²) in [5.41, 5.74) is 1.31. The van der Waals surface area contributed by atoms with Crippen molar-refractivity contribution in [2.75, 3.05) is 13.2 Å². The molecule has 0 spiro atoms. The highest BCUT2D eigenvalue weighted by molar-refractivity contribution is 5.95. The summed E-state index contributed by atoms with van der Waals surface area (Å²) < 4.78 is 0. The number of aromatic nitrogens is 3. The molecule has 3 N–H and O–H groups in total. The van der Waals surface area contributed by atoms with E-state index in [4.69, 9.17) is 0 Å². The van der Waals surface area contributed by atoms with Gasteiger partial charge in [0.25, 0.3) is 5.91 Å². The Hall–Kier alpha value is -2.21. The van der Waals surface area contributed by atoms with Gasteiger partial charge in [0, 0.05) is 23.1 Å². The largest absolute Gasteiger partial charge is 0.396 e. The summed E-state index contributed by atoms with van der Waals surface area (Å²) in [7, 11) is 0. The predicted molar refractivity (Wildman–Crippen MR) is 72.9 cm³/mol. The van der Waals surface area contributed by atoms with E-state index < -0.39 is 0 Å². The minimum atomic E-state index is -0.133. The molecule has 0 radical (unpaired) electrons. The molecule has 3 rings (SSSR count). The minimum Gasteiger partial charge on any atom is -0.396 e. The van der Waals surface area contributed by atoms with Crippen LogP contribution < -0.4 is 5.32 Å². The van der Waals surface area contributed by atoms with Gasteiger partial charge in [-0.2, -0.15) is 5.10 Å². The zero-order chi connectivity index (χ0) is 14.0. The Morgan fingerprint density at radius 3 is 2.95 bits per heavy atom. The van der Waals surface area contributed by atoms with Crippen LogP contribution in [0.3, 0.4) is 0 Å². The number of hydrogen-bond donors (Lipinski definition) is 3. The summed E-state index contributed by atoms with van der Waals surface area (Å²) >= 11 is 0. The monoisotopic (exact) mass is 272 g/mol. The third kappa shape index (κ3) is 2.55. The summed E-state index contributed by atoms with van der Waals surface area (Å²) in [6.45, 7) is 0.653. The smallest absolute Gasteiger partial charge is 0.251 e. The molecule has 1 aromatic carbocycles. The molecule has 1 fully saturated rings. The van der Waals surface area contributed by atoms with Crippen LogP contribution in [-0.2, 0) is 0 Å². The van der Waals surface area contributed by atoms with Crippen molar-refractivity contribution >= 4 is 5.91 Å². The zero-order valence-electron chi connectivity index (χ0n) is 11.0. The van der Waals surface area contributed by atoms with E-state index in [1.54, 1.807) is 12.1 Å². The average molecular weight is 272 g/mol. The van der Waals surface area contributed by atoms with Crippen molar-refractivity contribution in [1.29, 1.82) is 0 Å². The molecular formula is C14H16N4O2. The topological polar surface area (TPSA) is 90.9 Å². The first-order valence-electron chi connectivity index (χ1n) is 6.57. The fraction of sp³-hybridized carbons (Fsp3) is 0.357. The molecule has 0 aliphatic heterocycles. The van der Waals surface area contributed by atoms with Crippen molar-refractivity contribution in [2.45, 2.75) is 12.8 Å². The number of H-pyrrole nitrogens is 1.